The lowest BCUT2D eigenvalue weighted by Crippen LogP contribution is -2.40. The number of nitrogens with zero attached hydrogens (tertiary/aromatic N) is 3. The minimum Gasteiger partial charge on any atom is -0.443 e. The van der Waals surface area contributed by atoms with E-state index in [9.17, 15) is 0 Å². The van der Waals surface area contributed by atoms with Crippen molar-refractivity contribution in [3.63, 3.8) is 0 Å². The molecule has 0 spiro atoms. The average Bonchev–Trinajstić information content (AvgIpc) is 3.00. The molecule has 0 atom stereocenters. The normalized spacial score (nSPS) is 12.2. The molecular formula is C17H34IN5O2. The van der Waals surface area contributed by atoms with Crippen molar-refractivity contribution in [3.8, 4) is 0 Å². The average molecular weight is 467 g/mol. The van der Waals surface area contributed by atoms with Crippen LogP contribution in [0.4, 0.5) is 0 Å². The number of guanidine groups is 1. The Morgan fingerprint density at radius 3 is 2.60 bits per heavy atom. The fraction of sp³-hybridized carbons (Fsp3) is 0.765. The number of halogens is 1. The number of oxazole rings is 1. The molecule has 1 aromatic rings. The van der Waals surface area contributed by atoms with E-state index in [2.05, 4.69) is 53.3 Å². The Bertz CT molecular complexity index is 499. The molecule has 146 valence electrons. The van der Waals surface area contributed by atoms with Crippen LogP contribution in [-0.4, -0.2) is 63.3 Å². The van der Waals surface area contributed by atoms with E-state index in [-0.39, 0.29) is 29.4 Å². The Hall–Kier alpha value is -0.870. The predicted octanol–water partition coefficient (Wildman–Crippen LogP) is 2.22. The number of aromatic nitrogens is 1. The zero-order valence-electron chi connectivity index (χ0n) is 16.4. The second-order valence-corrected chi connectivity index (χ2v) is 6.87. The van der Waals surface area contributed by atoms with Gasteiger partial charge in [0.05, 0.1) is 12.7 Å². The van der Waals surface area contributed by atoms with Gasteiger partial charge in [0.25, 0.3) is 0 Å². The van der Waals surface area contributed by atoms with Crippen molar-refractivity contribution < 1.29 is 9.15 Å². The fourth-order valence-electron chi connectivity index (χ4n) is 2.07. The second kappa shape index (κ2) is 12.5. The quantitative estimate of drug-likeness (QED) is 0.251. The SMILES string of the molecule is CN=C(NCCN(C)CCCOC)NCc1ncc(C(C)(C)C)o1.I. The zero-order valence-corrected chi connectivity index (χ0v) is 18.7. The number of nitrogens with one attached hydrogen (secondary N) is 2. The van der Waals surface area contributed by atoms with Gasteiger partial charge in [0, 0.05) is 45.8 Å². The third-order valence-electron chi connectivity index (χ3n) is 3.60. The van der Waals surface area contributed by atoms with Gasteiger partial charge < -0.3 is 24.7 Å². The van der Waals surface area contributed by atoms with E-state index in [0.717, 1.165) is 44.4 Å². The lowest BCUT2D eigenvalue weighted by atomic mass is 9.94. The summed E-state index contributed by atoms with van der Waals surface area (Å²) in [5, 5.41) is 6.52. The summed E-state index contributed by atoms with van der Waals surface area (Å²) < 4.78 is 10.8. The summed E-state index contributed by atoms with van der Waals surface area (Å²) in [5.41, 5.74) is -0.0292. The molecule has 25 heavy (non-hydrogen) atoms. The van der Waals surface area contributed by atoms with Gasteiger partial charge in [-0.05, 0) is 13.5 Å². The van der Waals surface area contributed by atoms with Gasteiger partial charge in [-0.25, -0.2) is 4.98 Å². The first-order valence-electron chi connectivity index (χ1n) is 8.44. The van der Waals surface area contributed by atoms with Crippen molar-refractivity contribution in [1.82, 2.24) is 20.5 Å². The highest BCUT2D eigenvalue weighted by molar-refractivity contribution is 14.0. The molecule has 0 amide bonds. The maximum absolute atomic E-state index is 5.76. The van der Waals surface area contributed by atoms with Crippen LogP contribution in [0.25, 0.3) is 0 Å². The Morgan fingerprint density at radius 2 is 2.04 bits per heavy atom. The molecule has 1 aromatic heterocycles. The van der Waals surface area contributed by atoms with Gasteiger partial charge in [0.15, 0.2) is 5.96 Å². The molecule has 7 nitrogen and oxygen atoms in total. The Kier molecular flexibility index (Phi) is 12.0. The van der Waals surface area contributed by atoms with E-state index >= 15 is 0 Å². The van der Waals surface area contributed by atoms with Crippen molar-refractivity contribution in [1.29, 1.82) is 0 Å². The largest absolute Gasteiger partial charge is 0.443 e. The molecule has 0 aliphatic carbocycles. The van der Waals surface area contributed by atoms with Crippen molar-refractivity contribution in [2.45, 2.75) is 39.2 Å². The maximum Gasteiger partial charge on any atom is 0.213 e. The number of likely N-dealkylation sites (N-methyl/N-ethyl adjacent to an activating group) is 1. The van der Waals surface area contributed by atoms with Crippen LogP contribution < -0.4 is 10.6 Å². The van der Waals surface area contributed by atoms with Crippen molar-refractivity contribution >= 4 is 29.9 Å². The molecule has 0 aliphatic rings. The molecule has 0 radical (unpaired) electrons. The summed E-state index contributed by atoms with van der Waals surface area (Å²) in [6, 6.07) is 0. The minimum atomic E-state index is -0.0292. The van der Waals surface area contributed by atoms with Crippen LogP contribution in [0, 0.1) is 0 Å². The number of aliphatic imine (C=N–C) groups is 1. The van der Waals surface area contributed by atoms with E-state index in [1.807, 2.05) is 0 Å². The minimum absolute atomic E-state index is 0. The fourth-order valence-corrected chi connectivity index (χ4v) is 2.07. The molecule has 1 heterocycles. The highest BCUT2D eigenvalue weighted by Gasteiger charge is 2.19. The molecule has 0 aliphatic heterocycles. The first-order chi connectivity index (χ1) is 11.4. The standard InChI is InChI=1S/C17H33N5O2.HI/c1-17(2,3)14-12-20-15(24-14)13-21-16(18-4)19-8-10-22(5)9-7-11-23-6;/h12H,7-11,13H2,1-6H3,(H2,18,19,21);1H. The highest BCUT2D eigenvalue weighted by Crippen LogP contribution is 2.22. The van der Waals surface area contributed by atoms with Crippen LogP contribution in [0.3, 0.4) is 0 Å². The highest BCUT2D eigenvalue weighted by atomic mass is 127. The molecule has 0 saturated carbocycles. The molecule has 0 fully saturated rings. The van der Waals surface area contributed by atoms with Crippen LogP contribution in [0.1, 0.15) is 38.8 Å². The van der Waals surface area contributed by atoms with Gasteiger partial charge in [0.1, 0.15) is 5.76 Å². The van der Waals surface area contributed by atoms with E-state index in [0.29, 0.717) is 12.4 Å². The van der Waals surface area contributed by atoms with Gasteiger partial charge in [-0.2, -0.15) is 0 Å². The number of hydrogen-bond donors (Lipinski definition) is 2. The Labute approximate surface area is 169 Å². The molecule has 2 N–H and O–H groups in total. The molecule has 0 aromatic carbocycles. The van der Waals surface area contributed by atoms with E-state index < -0.39 is 0 Å². The van der Waals surface area contributed by atoms with Crippen LogP contribution in [0.2, 0.25) is 0 Å². The van der Waals surface area contributed by atoms with Crippen LogP contribution in [0.5, 0.6) is 0 Å². The van der Waals surface area contributed by atoms with Gasteiger partial charge in [-0.3, -0.25) is 4.99 Å². The molecule has 0 saturated heterocycles. The van der Waals surface area contributed by atoms with E-state index in [4.69, 9.17) is 9.15 Å². The number of hydrogen-bond acceptors (Lipinski definition) is 5. The van der Waals surface area contributed by atoms with Crippen molar-refractivity contribution in [2.24, 2.45) is 4.99 Å². The third kappa shape index (κ3) is 10.0. The number of methoxy groups -OCH3 is 1. The third-order valence-corrected chi connectivity index (χ3v) is 3.60. The van der Waals surface area contributed by atoms with Crippen LogP contribution >= 0.6 is 24.0 Å². The van der Waals surface area contributed by atoms with Crippen LogP contribution in [0.15, 0.2) is 15.6 Å². The van der Waals surface area contributed by atoms with E-state index in [1.54, 1.807) is 20.4 Å². The second-order valence-electron chi connectivity index (χ2n) is 6.87. The molecule has 0 unspecified atom stereocenters. The first kappa shape index (κ1) is 24.1. The molecule has 0 bridgehead atoms. The summed E-state index contributed by atoms with van der Waals surface area (Å²) in [4.78, 5) is 10.8. The van der Waals surface area contributed by atoms with Gasteiger partial charge in [-0.15, -0.1) is 24.0 Å². The summed E-state index contributed by atoms with van der Waals surface area (Å²) in [6.45, 7) is 10.4. The maximum atomic E-state index is 5.76. The van der Waals surface area contributed by atoms with Crippen molar-refractivity contribution in [3.05, 3.63) is 17.8 Å². The summed E-state index contributed by atoms with van der Waals surface area (Å²) in [5.74, 6) is 2.30. The Balaban J connectivity index is 0.00000576. The first-order valence-corrected chi connectivity index (χ1v) is 8.44. The zero-order chi connectivity index (χ0) is 18.0. The van der Waals surface area contributed by atoms with Crippen molar-refractivity contribution in [2.75, 3.05) is 47.4 Å². The lowest BCUT2D eigenvalue weighted by Gasteiger charge is -2.17. The smallest absolute Gasteiger partial charge is 0.213 e. The summed E-state index contributed by atoms with van der Waals surface area (Å²) in [7, 11) is 5.59. The van der Waals surface area contributed by atoms with Gasteiger partial charge >= 0.3 is 0 Å². The molecule has 1 rings (SSSR count). The van der Waals surface area contributed by atoms with Gasteiger partial charge in [-0.1, -0.05) is 20.8 Å². The Morgan fingerprint density at radius 1 is 1.32 bits per heavy atom. The molecular weight excluding hydrogens is 433 g/mol. The topological polar surface area (TPSA) is 74.9 Å². The number of ether oxygens (including phenoxy) is 1. The summed E-state index contributed by atoms with van der Waals surface area (Å²) in [6.07, 6.45) is 2.84. The van der Waals surface area contributed by atoms with E-state index in [1.165, 1.54) is 0 Å². The van der Waals surface area contributed by atoms with Gasteiger partial charge in [0.2, 0.25) is 5.89 Å². The predicted molar refractivity (Wildman–Crippen MR) is 113 cm³/mol. The molecule has 8 heteroatoms. The summed E-state index contributed by atoms with van der Waals surface area (Å²) >= 11 is 0. The lowest BCUT2D eigenvalue weighted by molar-refractivity contribution is 0.180. The monoisotopic (exact) mass is 467 g/mol. The van der Waals surface area contributed by atoms with Crippen LogP contribution in [-0.2, 0) is 16.7 Å². The number of rotatable bonds is 9.